The van der Waals surface area contributed by atoms with E-state index >= 15 is 0 Å². The molecule has 25 heavy (non-hydrogen) atoms. The van der Waals surface area contributed by atoms with Gasteiger partial charge in [-0.15, -0.1) is 0 Å². The molecular formula is C22H28N2Si. The molecule has 4 rings (SSSR count). The maximum atomic E-state index is 4.02. The molecule has 2 nitrogen and oxygen atoms in total. The van der Waals surface area contributed by atoms with E-state index in [9.17, 15) is 0 Å². The van der Waals surface area contributed by atoms with Crippen molar-refractivity contribution in [2.24, 2.45) is 7.05 Å². The highest BCUT2D eigenvalue weighted by Gasteiger charge is 2.45. The van der Waals surface area contributed by atoms with Crippen molar-refractivity contribution in [3.8, 4) is 11.3 Å². The lowest BCUT2D eigenvalue weighted by Crippen LogP contribution is -2.58. The molecule has 130 valence electrons. The van der Waals surface area contributed by atoms with Crippen LogP contribution in [0.15, 0.2) is 48.5 Å². The fraction of sp³-hybridized carbons (Fsp3) is 0.364. The fourth-order valence-corrected chi connectivity index (χ4v) is 9.07. The van der Waals surface area contributed by atoms with Crippen molar-refractivity contribution in [3.05, 3.63) is 59.7 Å². The summed E-state index contributed by atoms with van der Waals surface area (Å²) in [6.45, 7) is 11.8. The van der Waals surface area contributed by atoms with Crippen molar-refractivity contribution in [3.63, 3.8) is 0 Å². The van der Waals surface area contributed by atoms with E-state index in [4.69, 9.17) is 0 Å². The quantitative estimate of drug-likeness (QED) is 0.612. The fourth-order valence-electron chi connectivity index (χ4n) is 4.95. The summed E-state index contributed by atoms with van der Waals surface area (Å²) >= 11 is 0. The second kappa shape index (κ2) is 5.32. The Kier molecular flexibility index (Phi) is 3.54. The largest absolute Gasteiger partial charge is 0.343 e. The van der Waals surface area contributed by atoms with Crippen LogP contribution in [-0.2, 0) is 7.05 Å². The second-order valence-corrected chi connectivity index (χ2v) is 13.2. The summed E-state index contributed by atoms with van der Waals surface area (Å²) < 4.78 is 2.39. The molecule has 1 aliphatic carbocycles. The van der Waals surface area contributed by atoms with Crippen molar-refractivity contribution < 1.29 is 0 Å². The van der Waals surface area contributed by atoms with Crippen LogP contribution in [-0.4, -0.2) is 18.3 Å². The number of aryl methyl sites for hydroxylation is 1. The van der Waals surface area contributed by atoms with Crippen LogP contribution in [0, 0.1) is 0 Å². The molecule has 1 atom stereocenters. The number of nitrogens with zero attached hydrogens (tertiary/aromatic N) is 1. The highest BCUT2D eigenvalue weighted by Crippen LogP contribution is 2.52. The zero-order chi connectivity index (χ0) is 18.0. The summed E-state index contributed by atoms with van der Waals surface area (Å²) in [5, 5.41) is 1.41. The van der Waals surface area contributed by atoms with E-state index in [0.29, 0.717) is 5.54 Å². The Morgan fingerprint density at radius 2 is 1.60 bits per heavy atom. The van der Waals surface area contributed by atoms with E-state index in [0.717, 1.165) is 0 Å². The van der Waals surface area contributed by atoms with Crippen molar-refractivity contribution in [1.82, 2.24) is 9.55 Å². The molecule has 0 spiro atoms. The molecule has 1 N–H and O–H groups in total. The van der Waals surface area contributed by atoms with Crippen molar-refractivity contribution >= 4 is 19.1 Å². The number of hydrogen-bond acceptors (Lipinski definition) is 1. The smallest absolute Gasteiger partial charge is 0.131 e. The lowest BCUT2D eigenvalue weighted by molar-refractivity contribution is 0.509. The van der Waals surface area contributed by atoms with Gasteiger partial charge >= 0.3 is 0 Å². The highest BCUT2D eigenvalue weighted by molar-refractivity contribution is 6.77. The molecule has 0 saturated carbocycles. The Bertz CT molecular complexity index is 960. The number of benzene rings is 2. The first-order valence-electron chi connectivity index (χ1n) is 9.17. The van der Waals surface area contributed by atoms with Gasteiger partial charge in [-0.2, -0.15) is 0 Å². The predicted octanol–water partition coefficient (Wildman–Crippen LogP) is 5.42. The van der Waals surface area contributed by atoms with Crippen LogP contribution in [0.5, 0.6) is 0 Å². The van der Waals surface area contributed by atoms with Gasteiger partial charge in [-0.1, -0.05) is 55.6 Å². The molecule has 0 amide bonds. The van der Waals surface area contributed by atoms with E-state index in [-0.39, 0.29) is 5.54 Å². The molecule has 1 unspecified atom stereocenters. The molecule has 1 aliphatic rings. The summed E-state index contributed by atoms with van der Waals surface area (Å²) in [7, 11) is 0.439. The van der Waals surface area contributed by atoms with Crippen LogP contribution in [0.4, 0.5) is 0 Å². The number of aromatic nitrogens is 1. The van der Waals surface area contributed by atoms with Gasteiger partial charge in [0.1, 0.15) is 8.24 Å². The highest BCUT2D eigenvalue weighted by atomic mass is 28.3. The average Bonchev–Trinajstić information content (AvgIpc) is 3.00. The van der Waals surface area contributed by atoms with Gasteiger partial charge in [0.15, 0.2) is 0 Å². The third-order valence-electron chi connectivity index (χ3n) is 5.38. The van der Waals surface area contributed by atoms with Gasteiger partial charge in [0.05, 0.1) is 5.69 Å². The minimum absolute atomic E-state index is 0.123. The van der Waals surface area contributed by atoms with E-state index in [1.165, 1.54) is 33.3 Å². The molecule has 0 radical (unpaired) electrons. The van der Waals surface area contributed by atoms with Gasteiger partial charge < -0.3 is 9.55 Å². The first-order chi connectivity index (χ1) is 11.7. The number of rotatable bonds is 2. The van der Waals surface area contributed by atoms with Gasteiger partial charge in [0.2, 0.25) is 0 Å². The molecule has 0 saturated heterocycles. The monoisotopic (exact) mass is 348 g/mol. The number of fused-ring (bicyclic) bond motifs is 5. The maximum absolute atomic E-state index is 4.02. The standard InChI is InChI=1S/C22H28N2Si/c1-22(2,3)23-25(5,6)21-16-12-8-7-11-15(16)20-19(21)17-13-9-10-14-18(17)24(20)4/h7-14,21,23H,1-6H3. The van der Waals surface area contributed by atoms with Gasteiger partial charge in [0.25, 0.3) is 0 Å². The van der Waals surface area contributed by atoms with Crippen LogP contribution in [0.1, 0.15) is 37.4 Å². The molecule has 0 aliphatic heterocycles. The zero-order valence-electron chi connectivity index (χ0n) is 16.1. The summed E-state index contributed by atoms with van der Waals surface area (Å²) in [5.41, 5.74) is 7.81. The van der Waals surface area contributed by atoms with E-state index in [2.05, 4.69) is 99.0 Å². The minimum Gasteiger partial charge on any atom is -0.343 e. The first-order valence-corrected chi connectivity index (χ1v) is 12.2. The van der Waals surface area contributed by atoms with Crippen LogP contribution < -0.4 is 4.98 Å². The molecular weight excluding hydrogens is 320 g/mol. The molecule has 2 aromatic carbocycles. The summed E-state index contributed by atoms with van der Waals surface area (Å²) in [6, 6.07) is 17.9. The maximum Gasteiger partial charge on any atom is 0.131 e. The van der Waals surface area contributed by atoms with Crippen LogP contribution in [0.2, 0.25) is 13.1 Å². The third-order valence-corrected chi connectivity index (χ3v) is 8.82. The third kappa shape index (κ3) is 2.49. The molecule has 0 fully saturated rings. The number of hydrogen-bond donors (Lipinski definition) is 1. The molecule has 1 aromatic heterocycles. The molecule has 0 bridgehead atoms. The van der Waals surface area contributed by atoms with Gasteiger partial charge in [0, 0.05) is 34.6 Å². The number of para-hydroxylation sites is 1. The van der Waals surface area contributed by atoms with Crippen molar-refractivity contribution in [2.75, 3.05) is 0 Å². The van der Waals surface area contributed by atoms with Crippen molar-refractivity contribution in [2.45, 2.75) is 44.9 Å². The summed E-state index contributed by atoms with van der Waals surface area (Å²) in [4.78, 5) is 4.02. The van der Waals surface area contributed by atoms with Crippen LogP contribution >= 0.6 is 0 Å². The van der Waals surface area contributed by atoms with Crippen LogP contribution in [0.3, 0.4) is 0 Å². The van der Waals surface area contributed by atoms with Gasteiger partial charge in [-0.3, -0.25) is 0 Å². The molecule has 3 heteroatoms. The van der Waals surface area contributed by atoms with E-state index in [1.807, 2.05) is 0 Å². The lowest BCUT2D eigenvalue weighted by Gasteiger charge is -2.38. The van der Waals surface area contributed by atoms with Crippen LogP contribution in [0.25, 0.3) is 22.2 Å². The van der Waals surface area contributed by atoms with E-state index in [1.54, 1.807) is 0 Å². The molecule has 1 heterocycles. The average molecular weight is 349 g/mol. The number of nitrogens with one attached hydrogen (secondary N) is 1. The van der Waals surface area contributed by atoms with E-state index < -0.39 is 8.24 Å². The van der Waals surface area contributed by atoms with Gasteiger partial charge in [-0.25, -0.2) is 0 Å². The van der Waals surface area contributed by atoms with Crippen molar-refractivity contribution in [1.29, 1.82) is 0 Å². The minimum atomic E-state index is -1.78. The normalized spacial score (nSPS) is 17.0. The topological polar surface area (TPSA) is 17.0 Å². The Balaban J connectivity index is 2.03. The SMILES string of the molecule is Cn1c2c(c3ccccc31)C([Si](C)(C)NC(C)(C)C)c1ccccc1-2. The second-order valence-electron chi connectivity index (χ2n) is 8.96. The Hall–Kier alpha value is -1.84. The Morgan fingerprint density at radius 1 is 0.960 bits per heavy atom. The zero-order valence-corrected chi connectivity index (χ0v) is 17.1. The lowest BCUT2D eigenvalue weighted by atomic mass is 10.1. The molecule has 3 aromatic rings. The Labute approximate surface area is 152 Å². The van der Waals surface area contributed by atoms with Gasteiger partial charge in [-0.05, 0) is 38.0 Å². The Morgan fingerprint density at radius 3 is 2.32 bits per heavy atom. The predicted molar refractivity (Wildman–Crippen MR) is 111 cm³/mol. The summed E-state index contributed by atoms with van der Waals surface area (Å²) in [6.07, 6.45) is 0. The first kappa shape index (κ1) is 16.6. The summed E-state index contributed by atoms with van der Waals surface area (Å²) in [5.74, 6) is 0.